The number of nitro benzene ring substituents is 1. The zero-order valence-corrected chi connectivity index (χ0v) is 19.7. The van der Waals surface area contributed by atoms with Gasteiger partial charge in [-0.3, -0.25) is 19.7 Å². The van der Waals surface area contributed by atoms with Gasteiger partial charge in [0.1, 0.15) is 5.69 Å². The molecule has 8 heteroatoms. The highest BCUT2D eigenvalue weighted by Gasteiger charge is 2.22. The number of hydrogen-bond donors (Lipinski definition) is 1. The first-order valence-corrected chi connectivity index (χ1v) is 10.8. The van der Waals surface area contributed by atoms with Crippen molar-refractivity contribution in [2.24, 2.45) is 0 Å². The van der Waals surface area contributed by atoms with Crippen molar-refractivity contribution in [1.29, 1.82) is 0 Å². The fourth-order valence-electron chi connectivity index (χ4n) is 3.53. The number of carbonyl (C=O) groups excluding carboxylic acids is 2. The molecule has 0 aliphatic heterocycles. The van der Waals surface area contributed by atoms with E-state index < -0.39 is 16.6 Å². The van der Waals surface area contributed by atoms with Crippen molar-refractivity contribution >= 4 is 28.8 Å². The smallest absolute Gasteiger partial charge is 0.293 e. The van der Waals surface area contributed by atoms with Gasteiger partial charge < -0.3 is 15.1 Å². The van der Waals surface area contributed by atoms with Gasteiger partial charge in [0.25, 0.3) is 11.6 Å². The molecule has 0 fully saturated rings. The van der Waals surface area contributed by atoms with Crippen molar-refractivity contribution < 1.29 is 14.5 Å². The van der Waals surface area contributed by atoms with E-state index in [1.54, 1.807) is 43.3 Å². The van der Waals surface area contributed by atoms with Crippen LogP contribution in [-0.4, -0.2) is 56.2 Å². The summed E-state index contributed by atoms with van der Waals surface area (Å²) in [5, 5.41) is 14.3. The van der Waals surface area contributed by atoms with Gasteiger partial charge in [-0.25, -0.2) is 0 Å². The lowest BCUT2D eigenvalue weighted by molar-refractivity contribution is -0.384. The molecular weight excluding hydrogens is 432 g/mol. The van der Waals surface area contributed by atoms with Crippen LogP contribution in [0, 0.1) is 10.1 Å². The van der Waals surface area contributed by atoms with Gasteiger partial charge in [0.05, 0.1) is 10.5 Å². The summed E-state index contributed by atoms with van der Waals surface area (Å²) in [7, 11) is 7.42. The third-order valence-electron chi connectivity index (χ3n) is 5.39. The minimum absolute atomic E-state index is 0.141. The van der Waals surface area contributed by atoms with Crippen LogP contribution in [-0.2, 0) is 6.42 Å². The van der Waals surface area contributed by atoms with Crippen LogP contribution in [0.15, 0.2) is 66.7 Å². The van der Waals surface area contributed by atoms with Crippen molar-refractivity contribution in [2.45, 2.75) is 6.42 Å². The number of rotatable bonds is 9. The standard InChI is InChI=1S/C26H28N4O4/c1-28(2)16-15-18-9-12-20(13-10-18)27-26(32)22-8-6-5-7-21(22)25(31)19-11-14-23(29(3)4)24(17-19)30(33)34/h5-14,17H,15-16H2,1-4H3,(H,27,32). The fourth-order valence-corrected chi connectivity index (χ4v) is 3.53. The molecule has 0 aromatic heterocycles. The summed E-state index contributed by atoms with van der Waals surface area (Å²) in [5.74, 6) is -0.886. The van der Waals surface area contributed by atoms with Gasteiger partial charge in [-0.2, -0.15) is 0 Å². The summed E-state index contributed by atoms with van der Waals surface area (Å²) in [5.41, 5.74) is 2.51. The molecule has 3 aromatic carbocycles. The molecule has 0 bridgehead atoms. The Labute approximate surface area is 199 Å². The Morgan fingerprint density at radius 1 is 0.912 bits per heavy atom. The molecule has 0 aliphatic rings. The van der Waals surface area contributed by atoms with Gasteiger partial charge >= 0.3 is 0 Å². The Bertz CT molecular complexity index is 1200. The number of hydrogen-bond acceptors (Lipinski definition) is 6. The highest BCUT2D eigenvalue weighted by atomic mass is 16.6. The van der Waals surface area contributed by atoms with E-state index in [2.05, 4.69) is 10.2 Å². The number of carbonyl (C=O) groups is 2. The number of benzene rings is 3. The molecule has 8 nitrogen and oxygen atoms in total. The van der Waals surface area contributed by atoms with E-state index in [9.17, 15) is 19.7 Å². The first kappa shape index (κ1) is 24.6. The van der Waals surface area contributed by atoms with E-state index in [1.807, 2.05) is 38.4 Å². The first-order valence-electron chi connectivity index (χ1n) is 10.8. The summed E-state index contributed by atoms with van der Waals surface area (Å²) in [6.07, 6.45) is 0.900. The maximum absolute atomic E-state index is 13.2. The minimum atomic E-state index is -0.521. The van der Waals surface area contributed by atoms with Crippen LogP contribution >= 0.6 is 0 Å². The minimum Gasteiger partial charge on any atom is -0.372 e. The molecule has 0 saturated heterocycles. The molecule has 0 spiro atoms. The second-order valence-electron chi connectivity index (χ2n) is 8.43. The summed E-state index contributed by atoms with van der Waals surface area (Å²) in [6, 6.07) is 18.3. The number of nitro groups is 1. The quantitative estimate of drug-likeness (QED) is 0.291. The molecular formula is C26H28N4O4. The lowest BCUT2D eigenvalue weighted by Gasteiger charge is -2.14. The van der Waals surface area contributed by atoms with Crippen LogP contribution in [0.4, 0.5) is 17.1 Å². The molecule has 1 amide bonds. The van der Waals surface area contributed by atoms with Crippen molar-refractivity contribution in [3.63, 3.8) is 0 Å². The van der Waals surface area contributed by atoms with Crippen LogP contribution in [0.1, 0.15) is 31.8 Å². The Hall–Kier alpha value is -4.04. The number of anilines is 2. The zero-order valence-electron chi connectivity index (χ0n) is 19.7. The summed E-state index contributed by atoms with van der Waals surface area (Å²) >= 11 is 0. The van der Waals surface area contributed by atoms with Gasteiger partial charge in [0.15, 0.2) is 5.78 Å². The summed E-state index contributed by atoms with van der Waals surface area (Å²) in [4.78, 5) is 40.9. The maximum Gasteiger partial charge on any atom is 0.293 e. The van der Waals surface area contributed by atoms with Crippen LogP contribution in [0.3, 0.4) is 0 Å². The first-order chi connectivity index (χ1) is 16.2. The molecule has 0 saturated carbocycles. The molecule has 0 heterocycles. The average molecular weight is 461 g/mol. The fraction of sp³-hybridized carbons (Fsp3) is 0.231. The Morgan fingerprint density at radius 2 is 1.56 bits per heavy atom. The predicted octanol–water partition coefficient (Wildman–Crippen LogP) is 4.25. The van der Waals surface area contributed by atoms with E-state index in [0.717, 1.165) is 18.5 Å². The Balaban J connectivity index is 1.84. The van der Waals surface area contributed by atoms with Crippen molar-refractivity contribution in [2.75, 3.05) is 45.0 Å². The van der Waals surface area contributed by atoms with Gasteiger partial charge in [0.2, 0.25) is 0 Å². The number of likely N-dealkylation sites (N-methyl/N-ethyl adjacent to an activating group) is 1. The van der Waals surface area contributed by atoms with Crippen LogP contribution in [0.2, 0.25) is 0 Å². The van der Waals surface area contributed by atoms with E-state index in [1.165, 1.54) is 18.2 Å². The van der Waals surface area contributed by atoms with E-state index in [0.29, 0.717) is 11.4 Å². The topological polar surface area (TPSA) is 95.8 Å². The molecule has 3 rings (SSSR count). The van der Waals surface area contributed by atoms with Gasteiger partial charge in [-0.15, -0.1) is 0 Å². The zero-order chi connectivity index (χ0) is 24.8. The molecule has 34 heavy (non-hydrogen) atoms. The van der Waals surface area contributed by atoms with Gasteiger partial charge in [0, 0.05) is 43.5 Å². The highest BCUT2D eigenvalue weighted by Crippen LogP contribution is 2.29. The molecule has 1 N–H and O–H groups in total. The molecule has 0 atom stereocenters. The number of amides is 1. The third kappa shape index (κ3) is 5.85. The number of ketones is 1. The SMILES string of the molecule is CN(C)CCc1ccc(NC(=O)c2ccccc2C(=O)c2ccc(N(C)C)c([N+](=O)[O-])c2)cc1. The lowest BCUT2D eigenvalue weighted by atomic mass is 9.97. The number of nitrogens with zero attached hydrogens (tertiary/aromatic N) is 3. The van der Waals surface area contributed by atoms with Crippen LogP contribution in [0.5, 0.6) is 0 Å². The Morgan fingerprint density at radius 3 is 2.15 bits per heavy atom. The average Bonchev–Trinajstić information content (AvgIpc) is 2.82. The maximum atomic E-state index is 13.2. The van der Waals surface area contributed by atoms with Gasteiger partial charge in [-0.05, 0) is 56.4 Å². The summed E-state index contributed by atoms with van der Waals surface area (Å²) in [6.45, 7) is 0.925. The molecule has 0 aliphatic carbocycles. The predicted molar refractivity (Wildman–Crippen MR) is 134 cm³/mol. The second kappa shape index (κ2) is 10.7. The monoisotopic (exact) mass is 460 g/mol. The van der Waals surface area contributed by atoms with Crippen LogP contribution < -0.4 is 10.2 Å². The van der Waals surface area contributed by atoms with Crippen molar-refractivity contribution in [3.05, 3.63) is 99.1 Å². The number of nitrogens with one attached hydrogen (secondary N) is 1. The van der Waals surface area contributed by atoms with E-state index in [4.69, 9.17) is 0 Å². The van der Waals surface area contributed by atoms with Gasteiger partial charge in [-0.1, -0.05) is 30.3 Å². The van der Waals surface area contributed by atoms with Crippen molar-refractivity contribution in [3.8, 4) is 0 Å². The van der Waals surface area contributed by atoms with Crippen molar-refractivity contribution in [1.82, 2.24) is 4.90 Å². The second-order valence-corrected chi connectivity index (χ2v) is 8.43. The molecule has 3 aromatic rings. The van der Waals surface area contributed by atoms with Crippen LogP contribution in [0.25, 0.3) is 0 Å². The van der Waals surface area contributed by atoms with E-state index in [-0.39, 0.29) is 22.4 Å². The molecule has 0 radical (unpaired) electrons. The molecule has 0 unspecified atom stereocenters. The normalized spacial score (nSPS) is 10.7. The third-order valence-corrected chi connectivity index (χ3v) is 5.39. The molecule has 176 valence electrons. The summed E-state index contributed by atoms with van der Waals surface area (Å²) < 4.78 is 0. The highest BCUT2D eigenvalue weighted by molar-refractivity contribution is 6.18. The lowest BCUT2D eigenvalue weighted by Crippen LogP contribution is -2.17. The largest absolute Gasteiger partial charge is 0.372 e. The van der Waals surface area contributed by atoms with E-state index >= 15 is 0 Å². The Kier molecular flexibility index (Phi) is 7.75.